The lowest BCUT2D eigenvalue weighted by molar-refractivity contribution is 0.0458. The van der Waals surface area contributed by atoms with Crippen LogP contribution in [0.5, 0.6) is 0 Å². The average Bonchev–Trinajstić information content (AvgIpc) is 2.16. The highest BCUT2D eigenvalue weighted by Gasteiger charge is 2.29. The van der Waals surface area contributed by atoms with Gasteiger partial charge in [-0.3, -0.25) is 4.57 Å². The van der Waals surface area contributed by atoms with Crippen molar-refractivity contribution in [1.29, 1.82) is 0 Å². The van der Waals surface area contributed by atoms with Gasteiger partial charge in [0.25, 0.3) is 0 Å². The molecule has 1 N–H and O–H groups in total. The Morgan fingerprint density at radius 2 is 1.71 bits per heavy atom. The van der Waals surface area contributed by atoms with Crippen molar-refractivity contribution in [2.75, 3.05) is 13.0 Å². The first kappa shape index (κ1) is 16.8. The fourth-order valence-corrected chi connectivity index (χ4v) is 2.94. The van der Waals surface area contributed by atoms with Crippen LogP contribution in [0.2, 0.25) is 0 Å². The molecule has 1 atom stereocenters. The molecule has 0 aromatic carbocycles. The fourth-order valence-electron chi connectivity index (χ4n) is 1.11. The lowest BCUT2D eigenvalue weighted by Gasteiger charge is -2.23. The molecular weight excluding hydrogens is 243 g/mol. The molecule has 6 heteroatoms. The van der Waals surface area contributed by atoms with Crippen molar-refractivity contribution in [2.24, 2.45) is 0 Å². The first-order chi connectivity index (χ1) is 7.83. The zero-order valence-electron chi connectivity index (χ0n) is 11.0. The van der Waals surface area contributed by atoms with E-state index in [-0.39, 0.29) is 25.2 Å². The molecule has 5 nitrogen and oxygen atoms in total. The summed E-state index contributed by atoms with van der Waals surface area (Å²) in [5.41, 5.74) is 0. The first-order valence-corrected chi connectivity index (χ1v) is 7.36. The molecule has 0 aliphatic carbocycles. The van der Waals surface area contributed by atoms with Gasteiger partial charge in [-0.15, -0.1) is 6.58 Å². The topological polar surface area (TPSA) is 65.0 Å². The monoisotopic (exact) mass is 266 g/mol. The van der Waals surface area contributed by atoms with E-state index in [1.807, 2.05) is 0 Å². The van der Waals surface area contributed by atoms with E-state index in [1.54, 1.807) is 27.7 Å². The highest BCUT2D eigenvalue weighted by molar-refractivity contribution is 7.53. The Kier molecular flexibility index (Phi) is 7.92. The SMILES string of the molecule is C=C[C@@H](CO)OCP(=O)(OC(C)C)OC(C)C. The molecule has 0 heterocycles. The molecule has 102 valence electrons. The van der Waals surface area contributed by atoms with E-state index in [4.69, 9.17) is 18.9 Å². The third kappa shape index (κ3) is 7.68. The number of aliphatic hydroxyl groups is 1. The summed E-state index contributed by atoms with van der Waals surface area (Å²) >= 11 is 0. The van der Waals surface area contributed by atoms with Gasteiger partial charge in [-0.1, -0.05) is 6.08 Å². The molecular formula is C11H23O5P. The third-order valence-electron chi connectivity index (χ3n) is 1.63. The summed E-state index contributed by atoms with van der Waals surface area (Å²) in [6.45, 7) is 10.4. The Hall–Kier alpha value is -0.190. The van der Waals surface area contributed by atoms with Crippen LogP contribution in [0.4, 0.5) is 0 Å². The van der Waals surface area contributed by atoms with Gasteiger partial charge in [-0.25, -0.2) is 0 Å². The molecule has 0 saturated heterocycles. The highest BCUT2D eigenvalue weighted by atomic mass is 31.2. The molecule has 0 radical (unpaired) electrons. The van der Waals surface area contributed by atoms with Crippen LogP contribution in [0.3, 0.4) is 0 Å². The average molecular weight is 266 g/mol. The predicted molar refractivity (Wildman–Crippen MR) is 67.1 cm³/mol. The van der Waals surface area contributed by atoms with Gasteiger partial charge in [-0.05, 0) is 27.7 Å². The zero-order valence-corrected chi connectivity index (χ0v) is 11.9. The van der Waals surface area contributed by atoms with E-state index < -0.39 is 13.7 Å². The van der Waals surface area contributed by atoms with Crippen molar-refractivity contribution in [1.82, 2.24) is 0 Å². The van der Waals surface area contributed by atoms with Gasteiger partial charge in [-0.2, -0.15) is 0 Å². The third-order valence-corrected chi connectivity index (χ3v) is 3.58. The van der Waals surface area contributed by atoms with Crippen molar-refractivity contribution >= 4 is 7.60 Å². The van der Waals surface area contributed by atoms with E-state index >= 15 is 0 Å². The molecule has 0 unspecified atom stereocenters. The molecule has 0 aromatic heterocycles. The number of ether oxygens (including phenoxy) is 1. The van der Waals surface area contributed by atoms with Crippen LogP contribution in [0.15, 0.2) is 12.7 Å². The van der Waals surface area contributed by atoms with Crippen LogP contribution in [0, 0.1) is 0 Å². The molecule has 0 saturated carbocycles. The maximum Gasteiger partial charge on any atom is 0.356 e. The van der Waals surface area contributed by atoms with Crippen molar-refractivity contribution in [3.8, 4) is 0 Å². The second kappa shape index (κ2) is 8.01. The van der Waals surface area contributed by atoms with Crippen LogP contribution in [0.25, 0.3) is 0 Å². The van der Waals surface area contributed by atoms with Crippen LogP contribution in [-0.2, 0) is 18.3 Å². The summed E-state index contributed by atoms with van der Waals surface area (Å²) in [5.74, 6) is 0. The van der Waals surface area contributed by atoms with E-state index in [9.17, 15) is 4.57 Å². The molecule has 0 aromatic rings. The Bertz CT molecular complexity index is 251. The molecule has 17 heavy (non-hydrogen) atoms. The van der Waals surface area contributed by atoms with Crippen LogP contribution in [0.1, 0.15) is 27.7 Å². The van der Waals surface area contributed by atoms with Gasteiger partial charge >= 0.3 is 7.60 Å². The Morgan fingerprint density at radius 3 is 2.00 bits per heavy atom. The largest absolute Gasteiger partial charge is 0.393 e. The lowest BCUT2D eigenvalue weighted by atomic mass is 10.4. The molecule has 0 aliphatic rings. The summed E-state index contributed by atoms with van der Waals surface area (Å²) < 4.78 is 28.1. The van der Waals surface area contributed by atoms with Crippen LogP contribution in [-0.4, -0.2) is 36.4 Å². The van der Waals surface area contributed by atoms with Gasteiger partial charge in [0, 0.05) is 0 Å². The lowest BCUT2D eigenvalue weighted by Crippen LogP contribution is -2.18. The van der Waals surface area contributed by atoms with E-state index in [0.717, 1.165) is 0 Å². The van der Waals surface area contributed by atoms with Gasteiger partial charge in [0.2, 0.25) is 0 Å². The van der Waals surface area contributed by atoms with Gasteiger partial charge < -0.3 is 18.9 Å². The van der Waals surface area contributed by atoms with E-state index in [2.05, 4.69) is 6.58 Å². The van der Waals surface area contributed by atoms with E-state index in [0.29, 0.717) is 0 Å². The number of hydrogen-bond donors (Lipinski definition) is 1. The minimum absolute atomic E-state index is 0.194. The molecule has 0 bridgehead atoms. The predicted octanol–water partition coefficient (Wildman–Crippen LogP) is 2.55. The summed E-state index contributed by atoms with van der Waals surface area (Å²) in [6, 6.07) is 0. The maximum absolute atomic E-state index is 12.3. The van der Waals surface area contributed by atoms with Crippen molar-refractivity contribution in [3.63, 3.8) is 0 Å². The zero-order chi connectivity index (χ0) is 13.5. The quantitative estimate of drug-likeness (QED) is 0.513. The van der Waals surface area contributed by atoms with Gasteiger partial charge in [0.1, 0.15) is 6.35 Å². The standard InChI is InChI=1S/C11H23O5P/c1-6-11(7-12)14-8-17(13,15-9(2)3)16-10(4)5/h6,9-12H,1,7-8H2,2-5H3/t11-/m0/s1. The Balaban J connectivity index is 4.47. The fraction of sp³-hybridized carbons (Fsp3) is 0.818. The summed E-state index contributed by atoms with van der Waals surface area (Å²) in [7, 11) is -3.29. The molecule has 0 spiro atoms. The number of rotatable bonds is 9. The van der Waals surface area contributed by atoms with Crippen molar-refractivity contribution < 1.29 is 23.5 Å². The normalized spacial score (nSPS) is 14.3. The van der Waals surface area contributed by atoms with Crippen LogP contribution >= 0.6 is 7.60 Å². The summed E-state index contributed by atoms with van der Waals surface area (Å²) in [6.07, 6.45) is 0.240. The minimum Gasteiger partial charge on any atom is -0.393 e. The molecule has 0 rings (SSSR count). The van der Waals surface area contributed by atoms with Gasteiger partial charge in [0.05, 0.1) is 24.9 Å². The van der Waals surface area contributed by atoms with Crippen LogP contribution < -0.4 is 0 Å². The molecule has 0 aliphatic heterocycles. The minimum atomic E-state index is -3.29. The first-order valence-electron chi connectivity index (χ1n) is 5.64. The Labute approximate surface area is 103 Å². The number of aliphatic hydroxyl groups excluding tert-OH is 1. The molecule has 0 fully saturated rings. The number of hydrogen-bond acceptors (Lipinski definition) is 5. The molecule has 0 amide bonds. The second-order valence-corrected chi connectivity index (χ2v) is 6.07. The highest BCUT2D eigenvalue weighted by Crippen LogP contribution is 2.50. The van der Waals surface area contributed by atoms with Gasteiger partial charge in [0.15, 0.2) is 0 Å². The van der Waals surface area contributed by atoms with E-state index in [1.165, 1.54) is 6.08 Å². The summed E-state index contributed by atoms with van der Waals surface area (Å²) in [5, 5.41) is 8.92. The Morgan fingerprint density at radius 1 is 1.24 bits per heavy atom. The maximum atomic E-state index is 12.3. The van der Waals surface area contributed by atoms with Crippen molar-refractivity contribution in [2.45, 2.75) is 46.0 Å². The smallest absolute Gasteiger partial charge is 0.356 e. The second-order valence-electron chi connectivity index (χ2n) is 4.17. The summed E-state index contributed by atoms with van der Waals surface area (Å²) in [4.78, 5) is 0. The van der Waals surface area contributed by atoms with Crippen molar-refractivity contribution in [3.05, 3.63) is 12.7 Å².